The summed E-state index contributed by atoms with van der Waals surface area (Å²) in [6.45, 7) is 2.45. The van der Waals surface area contributed by atoms with Crippen LogP contribution in [0.1, 0.15) is 24.5 Å². The van der Waals surface area contributed by atoms with E-state index in [0.29, 0.717) is 17.2 Å². The quantitative estimate of drug-likeness (QED) is 0.804. The number of hydrogen-bond donors (Lipinski definition) is 1. The third kappa shape index (κ3) is 2.72. The van der Waals surface area contributed by atoms with E-state index in [1.165, 1.54) is 0 Å². The van der Waals surface area contributed by atoms with Gasteiger partial charge in [0.15, 0.2) is 11.1 Å². The molecule has 0 radical (unpaired) electrons. The molecule has 0 unspecified atom stereocenters. The maximum atomic E-state index is 12.5. The fourth-order valence-corrected chi connectivity index (χ4v) is 2.63. The van der Waals surface area contributed by atoms with Crippen molar-refractivity contribution >= 4 is 22.7 Å². The smallest absolute Gasteiger partial charge is 0.407 e. The number of nitrogens with one attached hydrogen (secondary N) is 1. The van der Waals surface area contributed by atoms with Gasteiger partial charge in [-0.2, -0.15) is 0 Å². The first kappa shape index (κ1) is 14.7. The maximum absolute atomic E-state index is 12.5. The molecule has 0 aliphatic rings. The number of aromatic amines is 1. The van der Waals surface area contributed by atoms with Crippen LogP contribution in [0.15, 0.2) is 44.5 Å². The summed E-state index contributed by atoms with van der Waals surface area (Å²) in [4.78, 5) is 26.4. The number of aryl methyl sites for hydroxylation is 1. The summed E-state index contributed by atoms with van der Waals surface area (Å²) in [5.74, 6) is -0.603. The number of hydrogen-bond acceptors (Lipinski definition) is 3. The summed E-state index contributed by atoms with van der Waals surface area (Å²) in [6.07, 6.45) is 3.39. The molecule has 0 saturated carbocycles. The first-order chi connectivity index (χ1) is 10.6. The molecule has 0 fully saturated rings. The highest BCUT2D eigenvalue weighted by atomic mass is 35.5. The Labute approximate surface area is 131 Å². The number of halogens is 1. The molecule has 22 heavy (non-hydrogen) atoms. The van der Waals surface area contributed by atoms with E-state index in [2.05, 4.69) is 4.98 Å². The highest BCUT2D eigenvalue weighted by Crippen LogP contribution is 2.16. The third-order valence-corrected chi connectivity index (χ3v) is 3.76. The number of fused-ring (bicyclic) bond motifs is 1. The molecule has 0 aliphatic carbocycles. The Balaban J connectivity index is 2.12. The highest BCUT2D eigenvalue weighted by molar-refractivity contribution is 6.30. The van der Waals surface area contributed by atoms with Crippen LogP contribution in [0.2, 0.25) is 5.02 Å². The van der Waals surface area contributed by atoms with E-state index in [1.54, 1.807) is 22.9 Å². The molecule has 1 aromatic carbocycles. The molecule has 6 heteroatoms. The second kappa shape index (κ2) is 5.85. The summed E-state index contributed by atoms with van der Waals surface area (Å²) in [7, 11) is 0. The van der Waals surface area contributed by atoms with E-state index < -0.39 is 5.76 Å². The summed E-state index contributed by atoms with van der Waals surface area (Å²) in [6, 6.07) is 7.31. The van der Waals surface area contributed by atoms with Crippen LogP contribution >= 0.6 is 11.6 Å². The lowest BCUT2D eigenvalue weighted by molar-refractivity contribution is 0.550. The Kier molecular flexibility index (Phi) is 3.90. The summed E-state index contributed by atoms with van der Waals surface area (Å²) in [5.41, 5.74) is 2.13. The molecule has 0 amide bonds. The number of H-pyrrole nitrogens is 1. The van der Waals surface area contributed by atoms with Crippen molar-refractivity contribution in [1.82, 2.24) is 9.55 Å². The van der Waals surface area contributed by atoms with Gasteiger partial charge in [0.25, 0.3) is 5.56 Å². The summed E-state index contributed by atoms with van der Waals surface area (Å²) < 4.78 is 6.70. The highest BCUT2D eigenvalue weighted by Gasteiger charge is 2.13. The lowest BCUT2D eigenvalue weighted by Gasteiger charge is -2.09. The molecule has 2 heterocycles. The van der Waals surface area contributed by atoms with Gasteiger partial charge in [-0.1, -0.05) is 37.1 Å². The van der Waals surface area contributed by atoms with Crippen LogP contribution in [0.4, 0.5) is 0 Å². The van der Waals surface area contributed by atoms with Gasteiger partial charge in [0.2, 0.25) is 0 Å². The van der Waals surface area contributed by atoms with Crippen molar-refractivity contribution in [2.75, 3.05) is 0 Å². The second-order valence-electron chi connectivity index (χ2n) is 5.18. The minimum atomic E-state index is -0.603. The van der Waals surface area contributed by atoms with Gasteiger partial charge in [-0.05, 0) is 24.1 Å². The molecular weight excluding hydrogens is 304 g/mol. The maximum Gasteiger partial charge on any atom is 0.417 e. The molecule has 0 saturated heterocycles. The Bertz CT molecular complexity index is 919. The first-order valence-electron chi connectivity index (χ1n) is 7.08. The van der Waals surface area contributed by atoms with E-state index in [4.69, 9.17) is 16.0 Å². The van der Waals surface area contributed by atoms with E-state index in [0.717, 1.165) is 24.0 Å². The fourth-order valence-electron chi connectivity index (χ4n) is 2.51. The van der Waals surface area contributed by atoms with Crippen LogP contribution in [0.5, 0.6) is 0 Å². The average Bonchev–Trinajstić information content (AvgIpc) is 2.89. The molecule has 1 N–H and O–H groups in total. The van der Waals surface area contributed by atoms with E-state index in [-0.39, 0.29) is 11.1 Å². The molecule has 3 rings (SSSR count). The number of aromatic nitrogens is 2. The van der Waals surface area contributed by atoms with Gasteiger partial charge in [0.05, 0.1) is 6.54 Å². The van der Waals surface area contributed by atoms with Gasteiger partial charge in [-0.15, -0.1) is 0 Å². The minimum absolute atomic E-state index is 0.227. The van der Waals surface area contributed by atoms with Crippen molar-refractivity contribution < 1.29 is 4.42 Å². The number of nitrogens with zero attached hydrogens (tertiary/aromatic N) is 1. The lowest BCUT2D eigenvalue weighted by atomic mass is 10.1. The molecule has 114 valence electrons. The van der Waals surface area contributed by atoms with Gasteiger partial charge >= 0.3 is 5.76 Å². The molecule has 2 aromatic heterocycles. The first-order valence-corrected chi connectivity index (χ1v) is 7.46. The summed E-state index contributed by atoms with van der Waals surface area (Å²) >= 11 is 5.87. The van der Waals surface area contributed by atoms with Gasteiger partial charge in [-0.25, -0.2) is 4.79 Å². The van der Waals surface area contributed by atoms with Gasteiger partial charge < -0.3 is 8.98 Å². The molecule has 0 atom stereocenters. The SMILES string of the molecule is CCCc1cn(Cc2ccc(Cl)cc2)c(=O)c2[nH]c(=O)oc12. The van der Waals surface area contributed by atoms with Crippen LogP contribution in [-0.2, 0) is 13.0 Å². The monoisotopic (exact) mass is 318 g/mol. The Hall–Kier alpha value is -2.27. The predicted molar refractivity (Wildman–Crippen MR) is 85.6 cm³/mol. The third-order valence-electron chi connectivity index (χ3n) is 3.51. The van der Waals surface area contributed by atoms with E-state index in [9.17, 15) is 9.59 Å². The molecule has 5 nitrogen and oxygen atoms in total. The van der Waals surface area contributed by atoms with Gasteiger partial charge in [0, 0.05) is 16.8 Å². The van der Waals surface area contributed by atoms with Crippen molar-refractivity contribution in [1.29, 1.82) is 0 Å². The topological polar surface area (TPSA) is 68.0 Å². The Morgan fingerprint density at radius 1 is 1.23 bits per heavy atom. The average molecular weight is 319 g/mol. The minimum Gasteiger partial charge on any atom is -0.407 e. The van der Waals surface area contributed by atoms with Crippen LogP contribution in [0, 0.1) is 0 Å². The van der Waals surface area contributed by atoms with Crippen LogP contribution < -0.4 is 11.3 Å². The van der Waals surface area contributed by atoms with Crippen molar-refractivity contribution in [3.8, 4) is 0 Å². The second-order valence-corrected chi connectivity index (χ2v) is 5.62. The van der Waals surface area contributed by atoms with Gasteiger partial charge in [0.1, 0.15) is 0 Å². The molecule has 3 aromatic rings. The molecule has 0 aliphatic heterocycles. The van der Waals surface area contributed by atoms with Crippen LogP contribution in [0.3, 0.4) is 0 Å². The van der Waals surface area contributed by atoms with Crippen molar-refractivity contribution in [3.05, 3.63) is 67.5 Å². The van der Waals surface area contributed by atoms with Crippen molar-refractivity contribution in [2.24, 2.45) is 0 Å². The Morgan fingerprint density at radius 3 is 2.64 bits per heavy atom. The van der Waals surface area contributed by atoms with Crippen LogP contribution in [0.25, 0.3) is 11.1 Å². The van der Waals surface area contributed by atoms with E-state index in [1.807, 2.05) is 19.1 Å². The zero-order chi connectivity index (χ0) is 15.7. The van der Waals surface area contributed by atoms with Crippen molar-refractivity contribution in [3.63, 3.8) is 0 Å². The van der Waals surface area contributed by atoms with Crippen LogP contribution in [-0.4, -0.2) is 9.55 Å². The fraction of sp³-hybridized carbons (Fsp3) is 0.250. The molecule has 0 bridgehead atoms. The zero-order valence-corrected chi connectivity index (χ0v) is 12.8. The Morgan fingerprint density at radius 2 is 1.95 bits per heavy atom. The summed E-state index contributed by atoms with van der Waals surface area (Å²) in [5, 5.41) is 0.650. The normalized spacial score (nSPS) is 11.2. The van der Waals surface area contributed by atoms with Gasteiger partial charge in [-0.3, -0.25) is 9.78 Å². The number of oxazole rings is 1. The molecule has 0 spiro atoms. The predicted octanol–water partition coefficient (Wildman–Crippen LogP) is 2.94. The largest absolute Gasteiger partial charge is 0.417 e. The van der Waals surface area contributed by atoms with Crippen molar-refractivity contribution in [2.45, 2.75) is 26.3 Å². The number of benzene rings is 1. The standard InChI is InChI=1S/C16H15ClN2O3/c1-2-3-11-9-19(8-10-4-6-12(17)7-5-10)15(20)13-14(11)22-16(21)18-13/h4-7,9H,2-3,8H2,1H3,(H,18,21). The number of rotatable bonds is 4. The number of pyridine rings is 1. The lowest BCUT2D eigenvalue weighted by Crippen LogP contribution is -2.21. The molecular formula is C16H15ClN2O3. The zero-order valence-electron chi connectivity index (χ0n) is 12.1. The van der Waals surface area contributed by atoms with E-state index >= 15 is 0 Å².